The zero-order valence-corrected chi connectivity index (χ0v) is 12.2. The molecule has 0 aromatic carbocycles. The summed E-state index contributed by atoms with van der Waals surface area (Å²) in [5.74, 6) is 0. The Morgan fingerprint density at radius 3 is 1.21 bits per heavy atom. The summed E-state index contributed by atoms with van der Waals surface area (Å²) in [4.78, 5) is 0. The highest BCUT2D eigenvalue weighted by Crippen LogP contribution is 2.52. The van der Waals surface area contributed by atoms with Crippen LogP contribution in [0, 0.1) is 0 Å². The molecule has 0 bridgehead atoms. The van der Waals surface area contributed by atoms with Crippen LogP contribution >= 0.6 is 0 Å². The summed E-state index contributed by atoms with van der Waals surface area (Å²) in [5, 5.41) is 0.632. The van der Waals surface area contributed by atoms with Crippen molar-refractivity contribution in [1.82, 2.24) is 4.57 Å². The molecule has 84 valence electrons. The molecule has 0 unspecified atom stereocenters. The van der Waals surface area contributed by atoms with Crippen molar-refractivity contribution in [2.24, 2.45) is 0 Å². The Balaban J connectivity index is 5.57. The quantitative estimate of drug-likeness (QED) is 0.630. The van der Waals surface area contributed by atoms with E-state index in [9.17, 15) is 0 Å². The molecule has 0 aliphatic rings. The average molecular weight is 213 g/mol. The van der Waals surface area contributed by atoms with Gasteiger partial charge in [0.15, 0.2) is 8.24 Å². The molecule has 0 aromatic rings. The molecule has 0 aliphatic heterocycles. The van der Waals surface area contributed by atoms with Gasteiger partial charge < -0.3 is 4.57 Å². The van der Waals surface area contributed by atoms with E-state index in [0.29, 0.717) is 10.1 Å². The van der Waals surface area contributed by atoms with E-state index in [1.165, 1.54) is 0 Å². The van der Waals surface area contributed by atoms with E-state index >= 15 is 0 Å². The number of nitrogens with zero attached hydrogens (tertiary/aromatic N) is 1. The van der Waals surface area contributed by atoms with Crippen molar-refractivity contribution in [3.63, 3.8) is 0 Å². The Labute approximate surface area is 91.3 Å². The van der Waals surface area contributed by atoms with Gasteiger partial charge in [-0.2, -0.15) is 0 Å². The van der Waals surface area contributed by atoms with Crippen LogP contribution in [0.25, 0.3) is 0 Å². The highest BCUT2D eigenvalue weighted by Gasteiger charge is 2.52. The van der Waals surface area contributed by atoms with Crippen LogP contribution in [0.3, 0.4) is 0 Å². The molecule has 0 fully saturated rings. The maximum absolute atomic E-state index is 4.11. The van der Waals surface area contributed by atoms with Gasteiger partial charge in [-0.25, -0.2) is 0 Å². The van der Waals surface area contributed by atoms with E-state index in [-0.39, 0.29) is 0 Å². The van der Waals surface area contributed by atoms with Crippen LogP contribution in [0.4, 0.5) is 0 Å². The fraction of sp³-hybridized carbons (Fsp3) is 0.833. The summed E-state index contributed by atoms with van der Waals surface area (Å²) in [6.07, 6.45) is 0. The van der Waals surface area contributed by atoms with Crippen molar-refractivity contribution in [2.75, 3.05) is 14.1 Å². The molecule has 0 radical (unpaired) electrons. The fourth-order valence-corrected chi connectivity index (χ4v) is 9.78. The predicted octanol–water partition coefficient (Wildman–Crippen LogP) is 3.82. The van der Waals surface area contributed by atoms with Crippen molar-refractivity contribution in [3.8, 4) is 0 Å². The molecular weight excluding hydrogens is 186 g/mol. The maximum Gasteiger partial charge on any atom is 0.163 e. The lowest BCUT2D eigenvalue weighted by Gasteiger charge is -2.53. The van der Waals surface area contributed by atoms with Crippen LogP contribution in [0.1, 0.15) is 41.5 Å². The Morgan fingerprint density at radius 1 is 0.929 bits per heavy atom. The smallest absolute Gasteiger partial charge is 0.163 e. The Kier molecular flexibility index (Phi) is 3.80. The Bertz CT molecular complexity index is 191. The molecule has 0 aromatic heterocycles. The second-order valence-electron chi connectivity index (χ2n) is 6.36. The van der Waals surface area contributed by atoms with E-state index in [1.807, 2.05) is 0 Å². The van der Waals surface area contributed by atoms with E-state index in [1.54, 1.807) is 0 Å². The Morgan fingerprint density at radius 2 is 1.21 bits per heavy atom. The van der Waals surface area contributed by atoms with Gasteiger partial charge in [-0.3, -0.25) is 0 Å². The highest BCUT2D eigenvalue weighted by atomic mass is 28.3. The average Bonchev–Trinajstić information content (AvgIpc) is 1.80. The number of hydrogen-bond donors (Lipinski definition) is 0. The maximum atomic E-state index is 4.11. The van der Waals surface area contributed by atoms with Gasteiger partial charge in [0.05, 0.1) is 0 Å². The van der Waals surface area contributed by atoms with Gasteiger partial charge in [0.2, 0.25) is 0 Å². The summed E-state index contributed by atoms with van der Waals surface area (Å²) in [6, 6.07) is 0. The van der Waals surface area contributed by atoms with Gasteiger partial charge in [-0.15, -0.1) is 6.58 Å². The molecule has 0 spiro atoms. The lowest BCUT2D eigenvalue weighted by atomic mass is 10.2. The first-order chi connectivity index (χ1) is 6.00. The van der Waals surface area contributed by atoms with Crippen LogP contribution in [0.15, 0.2) is 12.3 Å². The second kappa shape index (κ2) is 3.82. The molecule has 0 aliphatic carbocycles. The zero-order chi connectivity index (χ0) is 11.8. The molecule has 0 saturated heterocycles. The van der Waals surface area contributed by atoms with Crippen LogP contribution in [0.5, 0.6) is 0 Å². The minimum absolute atomic E-state index is 0.316. The number of hydrogen-bond acceptors (Lipinski definition) is 1. The van der Waals surface area contributed by atoms with Gasteiger partial charge in [-0.05, 0) is 24.2 Å². The van der Waals surface area contributed by atoms with Gasteiger partial charge in [-0.1, -0.05) is 47.2 Å². The third-order valence-corrected chi connectivity index (χ3v) is 9.86. The van der Waals surface area contributed by atoms with Crippen LogP contribution < -0.4 is 0 Å². The molecule has 0 rings (SSSR count). The predicted molar refractivity (Wildman–Crippen MR) is 69.1 cm³/mol. The third kappa shape index (κ3) is 1.96. The van der Waals surface area contributed by atoms with Crippen molar-refractivity contribution < 1.29 is 0 Å². The number of rotatable bonds is 2. The molecule has 0 heterocycles. The fourth-order valence-electron chi connectivity index (χ4n) is 3.26. The molecule has 14 heavy (non-hydrogen) atoms. The first-order valence-corrected chi connectivity index (χ1v) is 7.34. The van der Waals surface area contributed by atoms with Gasteiger partial charge in [0.25, 0.3) is 0 Å². The summed E-state index contributed by atoms with van der Waals surface area (Å²) in [7, 11) is 2.74. The normalized spacial score (nSPS) is 14.6. The van der Waals surface area contributed by atoms with Crippen LogP contribution in [-0.4, -0.2) is 26.9 Å². The van der Waals surface area contributed by atoms with Gasteiger partial charge in [0, 0.05) is 0 Å². The lowest BCUT2D eigenvalue weighted by Crippen LogP contribution is -2.61. The molecule has 0 atom stereocenters. The minimum atomic E-state index is -1.65. The van der Waals surface area contributed by atoms with Gasteiger partial charge in [0.1, 0.15) is 0 Å². The SMILES string of the molecule is C=C[Si](N(C)C)(C(C)(C)C)C(C)(C)C. The molecule has 0 N–H and O–H groups in total. The first kappa shape index (κ1) is 13.9. The Hall–Kier alpha value is -0.0831. The van der Waals surface area contributed by atoms with Gasteiger partial charge >= 0.3 is 0 Å². The van der Waals surface area contributed by atoms with Crippen LogP contribution in [-0.2, 0) is 0 Å². The summed E-state index contributed by atoms with van der Waals surface area (Å²) in [5.41, 5.74) is 2.24. The summed E-state index contributed by atoms with van der Waals surface area (Å²) in [6.45, 7) is 18.1. The topological polar surface area (TPSA) is 3.24 Å². The molecule has 2 heteroatoms. The minimum Gasteiger partial charge on any atom is -0.325 e. The standard InChI is InChI=1S/C12H27NSi/c1-10-14(13(8)9,11(2,3)4)12(5,6)7/h10H,1H2,2-9H3. The van der Waals surface area contributed by atoms with Crippen molar-refractivity contribution in [2.45, 2.75) is 51.6 Å². The van der Waals surface area contributed by atoms with Crippen LogP contribution in [0.2, 0.25) is 10.1 Å². The summed E-state index contributed by atoms with van der Waals surface area (Å²) >= 11 is 0. The van der Waals surface area contributed by atoms with Crippen molar-refractivity contribution in [1.29, 1.82) is 0 Å². The zero-order valence-electron chi connectivity index (χ0n) is 11.2. The van der Waals surface area contributed by atoms with E-state index in [2.05, 4.69) is 72.5 Å². The first-order valence-electron chi connectivity index (χ1n) is 5.31. The molecular formula is C12H27NSi. The largest absolute Gasteiger partial charge is 0.325 e. The molecule has 0 saturated carbocycles. The monoisotopic (exact) mass is 213 g/mol. The second-order valence-corrected chi connectivity index (χ2v) is 12.2. The van der Waals surface area contributed by atoms with E-state index < -0.39 is 8.24 Å². The van der Waals surface area contributed by atoms with Crippen molar-refractivity contribution in [3.05, 3.63) is 12.3 Å². The lowest BCUT2D eigenvalue weighted by molar-refractivity contribution is 0.488. The molecule has 0 amide bonds. The van der Waals surface area contributed by atoms with E-state index in [4.69, 9.17) is 0 Å². The third-order valence-electron chi connectivity index (χ3n) is 3.29. The van der Waals surface area contributed by atoms with Crippen molar-refractivity contribution >= 4 is 8.24 Å². The highest BCUT2D eigenvalue weighted by molar-refractivity contribution is 6.86. The van der Waals surface area contributed by atoms with E-state index in [0.717, 1.165) is 0 Å². The molecule has 1 nitrogen and oxygen atoms in total. The summed E-state index contributed by atoms with van der Waals surface area (Å²) < 4.78 is 2.43.